The van der Waals surface area contributed by atoms with Crippen molar-refractivity contribution in [3.8, 4) is 11.5 Å². The first-order valence-corrected chi connectivity index (χ1v) is 10.9. The van der Waals surface area contributed by atoms with Crippen LogP contribution in [0.2, 0.25) is 0 Å². The molecule has 2 unspecified atom stereocenters. The quantitative estimate of drug-likeness (QED) is 0.194. The van der Waals surface area contributed by atoms with Gasteiger partial charge in [-0.15, -0.1) is 23.2 Å². The third kappa shape index (κ3) is 4.67. The second-order valence-corrected chi connectivity index (χ2v) is 8.07. The van der Waals surface area contributed by atoms with Crippen molar-refractivity contribution < 1.29 is 14.3 Å². The number of hydrogen-bond acceptors (Lipinski definition) is 3. The lowest BCUT2D eigenvalue weighted by Gasteiger charge is -2.22. The minimum absolute atomic E-state index is 0.158. The van der Waals surface area contributed by atoms with Gasteiger partial charge in [-0.1, -0.05) is 0 Å². The Morgan fingerprint density at radius 1 is 0.923 bits per heavy atom. The van der Waals surface area contributed by atoms with Crippen molar-refractivity contribution in [3.05, 3.63) is 23.3 Å². The van der Waals surface area contributed by atoms with Gasteiger partial charge in [-0.2, -0.15) is 0 Å². The van der Waals surface area contributed by atoms with E-state index in [0.717, 1.165) is 50.2 Å². The van der Waals surface area contributed by atoms with Crippen molar-refractivity contribution in [2.75, 3.05) is 18.4 Å². The van der Waals surface area contributed by atoms with Crippen LogP contribution in [0.3, 0.4) is 0 Å². The number of hydrogen-bond donors (Lipinski definition) is 0. The number of rotatable bonds is 11. The molecule has 0 saturated heterocycles. The molecule has 0 aliphatic heterocycles. The Hall–Kier alpha value is -0.930. The molecule has 2 atom stereocenters. The second kappa shape index (κ2) is 9.85. The van der Waals surface area contributed by atoms with E-state index in [9.17, 15) is 4.79 Å². The Labute approximate surface area is 166 Å². The summed E-state index contributed by atoms with van der Waals surface area (Å²) in [7, 11) is 0. The molecule has 0 N–H and O–H groups in total. The average molecular weight is 399 g/mol. The lowest BCUT2D eigenvalue weighted by Crippen LogP contribution is -2.12. The van der Waals surface area contributed by atoms with Crippen LogP contribution in [0.1, 0.15) is 80.8 Å². The van der Waals surface area contributed by atoms with Crippen LogP contribution in [-0.4, -0.2) is 24.3 Å². The van der Waals surface area contributed by atoms with Crippen molar-refractivity contribution >= 4 is 29.2 Å². The molecule has 2 aliphatic rings. The Morgan fingerprint density at radius 2 is 1.58 bits per heavy atom. The highest BCUT2D eigenvalue weighted by Crippen LogP contribution is 2.58. The summed E-state index contributed by atoms with van der Waals surface area (Å²) in [6, 6.07) is 3.91. The van der Waals surface area contributed by atoms with Gasteiger partial charge < -0.3 is 9.47 Å². The Kier molecular flexibility index (Phi) is 7.51. The number of unbranched alkanes of at least 4 members (excludes halogenated alkanes) is 3. The molecule has 2 bridgehead atoms. The number of halogens is 2. The number of ether oxygens (including phenoxy) is 2. The number of benzene rings is 1. The SMILES string of the molecule is O=C(CCCCCl)Oc1ccc(OCCCCCCl)c2c1C1CCC2C1. The normalized spacial score (nSPS) is 20.2. The largest absolute Gasteiger partial charge is 0.493 e. The lowest BCUT2D eigenvalue weighted by molar-refractivity contribution is -0.134. The Bertz CT molecular complexity index is 618. The monoisotopic (exact) mass is 398 g/mol. The fraction of sp³-hybridized carbons (Fsp3) is 0.667. The average Bonchev–Trinajstić information content (AvgIpc) is 3.25. The van der Waals surface area contributed by atoms with Crippen molar-refractivity contribution in [1.29, 1.82) is 0 Å². The molecule has 26 heavy (non-hydrogen) atoms. The molecule has 0 amide bonds. The molecule has 3 rings (SSSR count). The molecule has 1 aromatic rings. The maximum absolute atomic E-state index is 12.1. The first kappa shape index (κ1) is 19.8. The first-order valence-electron chi connectivity index (χ1n) is 9.86. The van der Waals surface area contributed by atoms with E-state index in [1.165, 1.54) is 30.4 Å². The summed E-state index contributed by atoms with van der Waals surface area (Å²) in [5, 5.41) is 0. The predicted molar refractivity (Wildman–Crippen MR) is 106 cm³/mol. The minimum Gasteiger partial charge on any atom is -0.493 e. The van der Waals surface area contributed by atoms with Crippen LogP contribution >= 0.6 is 23.2 Å². The Morgan fingerprint density at radius 3 is 2.31 bits per heavy atom. The van der Waals surface area contributed by atoms with Gasteiger partial charge in [-0.25, -0.2) is 0 Å². The summed E-state index contributed by atoms with van der Waals surface area (Å²) in [5.74, 6) is 3.95. The van der Waals surface area contributed by atoms with E-state index in [-0.39, 0.29) is 5.97 Å². The zero-order valence-corrected chi connectivity index (χ0v) is 16.8. The van der Waals surface area contributed by atoms with Crippen LogP contribution in [0.5, 0.6) is 11.5 Å². The van der Waals surface area contributed by atoms with Gasteiger partial charge in [0.15, 0.2) is 0 Å². The van der Waals surface area contributed by atoms with Crippen LogP contribution in [0.15, 0.2) is 12.1 Å². The summed E-state index contributed by atoms with van der Waals surface area (Å²) in [6.45, 7) is 0.721. The van der Waals surface area contributed by atoms with Gasteiger partial charge >= 0.3 is 5.97 Å². The molecule has 0 heterocycles. The third-order valence-electron chi connectivity index (χ3n) is 5.48. The minimum atomic E-state index is -0.158. The molecule has 1 aromatic carbocycles. The molecule has 0 radical (unpaired) electrons. The first-order chi connectivity index (χ1) is 12.7. The number of esters is 1. The van der Waals surface area contributed by atoms with E-state index in [2.05, 4.69) is 0 Å². The van der Waals surface area contributed by atoms with Gasteiger partial charge in [0, 0.05) is 29.3 Å². The van der Waals surface area contributed by atoms with Crippen molar-refractivity contribution in [2.24, 2.45) is 0 Å². The number of alkyl halides is 2. The maximum atomic E-state index is 12.1. The molecular weight excluding hydrogens is 371 g/mol. The van der Waals surface area contributed by atoms with E-state index in [0.29, 0.717) is 30.0 Å². The summed E-state index contributed by atoms with van der Waals surface area (Å²) in [5.41, 5.74) is 2.52. The standard InChI is InChI=1S/C21H28Cl2O3/c22-11-3-1-5-13-25-17-9-10-18(26-19(24)6-2-4-12-23)21-16-8-7-15(14-16)20(17)21/h9-10,15-16H,1-8,11-14H2. The molecule has 3 nitrogen and oxygen atoms in total. The van der Waals surface area contributed by atoms with Crippen molar-refractivity contribution in [3.63, 3.8) is 0 Å². The Balaban J connectivity index is 1.68. The third-order valence-corrected chi connectivity index (χ3v) is 6.01. The molecule has 2 aliphatic carbocycles. The highest BCUT2D eigenvalue weighted by Gasteiger charge is 2.41. The van der Waals surface area contributed by atoms with Gasteiger partial charge in [0.05, 0.1) is 6.61 Å². The predicted octanol–water partition coefficient (Wildman–Crippen LogP) is 6.15. The molecule has 144 valence electrons. The zero-order chi connectivity index (χ0) is 18.4. The fourth-order valence-corrected chi connectivity index (χ4v) is 4.63. The molecular formula is C21H28Cl2O3. The van der Waals surface area contributed by atoms with Gasteiger partial charge in [-0.05, 0) is 75.3 Å². The van der Waals surface area contributed by atoms with Crippen LogP contribution < -0.4 is 9.47 Å². The summed E-state index contributed by atoms with van der Waals surface area (Å²) in [6.07, 6.45) is 8.76. The summed E-state index contributed by atoms with van der Waals surface area (Å²) >= 11 is 11.4. The van der Waals surface area contributed by atoms with E-state index in [4.69, 9.17) is 32.7 Å². The number of carbonyl (C=O) groups is 1. The molecule has 0 aromatic heterocycles. The highest BCUT2D eigenvalue weighted by atomic mass is 35.5. The topological polar surface area (TPSA) is 35.5 Å². The van der Waals surface area contributed by atoms with Crippen LogP contribution in [0.25, 0.3) is 0 Å². The lowest BCUT2D eigenvalue weighted by atomic mass is 9.90. The van der Waals surface area contributed by atoms with Crippen molar-refractivity contribution in [1.82, 2.24) is 0 Å². The van der Waals surface area contributed by atoms with Crippen LogP contribution in [0.4, 0.5) is 0 Å². The fourth-order valence-electron chi connectivity index (χ4n) is 4.25. The van der Waals surface area contributed by atoms with Gasteiger partial charge in [-0.3, -0.25) is 4.79 Å². The van der Waals surface area contributed by atoms with E-state index < -0.39 is 0 Å². The second-order valence-electron chi connectivity index (χ2n) is 7.31. The van der Waals surface area contributed by atoms with Gasteiger partial charge in [0.1, 0.15) is 11.5 Å². The molecule has 0 spiro atoms. The van der Waals surface area contributed by atoms with Crippen LogP contribution in [0, 0.1) is 0 Å². The zero-order valence-electron chi connectivity index (χ0n) is 15.3. The van der Waals surface area contributed by atoms with E-state index >= 15 is 0 Å². The summed E-state index contributed by atoms with van der Waals surface area (Å²) in [4.78, 5) is 12.1. The molecule has 5 heteroatoms. The van der Waals surface area contributed by atoms with E-state index in [1.54, 1.807) is 0 Å². The maximum Gasteiger partial charge on any atom is 0.311 e. The van der Waals surface area contributed by atoms with Gasteiger partial charge in [0.25, 0.3) is 0 Å². The smallest absolute Gasteiger partial charge is 0.311 e. The number of carbonyl (C=O) groups excluding carboxylic acids is 1. The van der Waals surface area contributed by atoms with Crippen LogP contribution in [-0.2, 0) is 4.79 Å². The molecule has 1 saturated carbocycles. The van der Waals surface area contributed by atoms with Crippen molar-refractivity contribution in [2.45, 2.75) is 69.6 Å². The highest BCUT2D eigenvalue weighted by molar-refractivity contribution is 6.18. The number of fused-ring (bicyclic) bond motifs is 5. The molecule has 1 fully saturated rings. The summed E-state index contributed by atoms with van der Waals surface area (Å²) < 4.78 is 11.8. The van der Waals surface area contributed by atoms with E-state index in [1.807, 2.05) is 12.1 Å². The van der Waals surface area contributed by atoms with Gasteiger partial charge in [0.2, 0.25) is 0 Å².